The van der Waals surface area contributed by atoms with Gasteiger partial charge in [-0.1, -0.05) is 5.16 Å². The van der Waals surface area contributed by atoms with Crippen LogP contribution in [-0.4, -0.2) is 51.9 Å². The summed E-state index contributed by atoms with van der Waals surface area (Å²) in [5, 5.41) is 17.5. The van der Waals surface area contributed by atoms with Crippen molar-refractivity contribution < 1.29 is 19.2 Å². The van der Waals surface area contributed by atoms with Gasteiger partial charge in [0.15, 0.2) is 0 Å². The maximum absolute atomic E-state index is 11.7. The Morgan fingerprint density at radius 2 is 2.52 bits per heavy atom. The summed E-state index contributed by atoms with van der Waals surface area (Å²) < 4.78 is 9.97. The standard InChI is InChI=1S/C13H15N3O4S/c1-19-13(18)10-4-9(17)5-16(10)6-11-14-12(15-20-11)8-2-3-21-7-8/h2-3,7,9-10,17H,4-6H2,1H3/t9-,10+/m1/s1. The first-order chi connectivity index (χ1) is 10.2. The van der Waals surface area contributed by atoms with Crippen LogP contribution in [0.5, 0.6) is 0 Å². The van der Waals surface area contributed by atoms with E-state index in [1.165, 1.54) is 7.11 Å². The molecule has 8 heteroatoms. The summed E-state index contributed by atoms with van der Waals surface area (Å²) in [5.74, 6) is 0.587. The fraction of sp³-hybridized carbons (Fsp3) is 0.462. The van der Waals surface area contributed by atoms with Crippen molar-refractivity contribution >= 4 is 17.3 Å². The van der Waals surface area contributed by atoms with E-state index in [-0.39, 0.29) is 5.97 Å². The third kappa shape index (κ3) is 2.97. The highest BCUT2D eigenvalue weighted by Gasteiger charge is 2.37. The number of likely N-dealkylation sites (tertiary alicyclic amines) is 1. The van der Waals surface area contributed by atoms with Crippen molar-refractivity contribution in [1.29, 1.82) is 0 Å². The Morgan fingerprint density at radius 3 is 3.24 bits per heavy atom. The average molecular weight is 309 g/mol. The van der Waals surface area contributed by atoms with Crippen LogP contribution in [0.15, 0.2) is 21.3 Å². The van der Waals surface area contributed by atoms with Gasteiger partial charge in [0.2, 0.25) is 11.7 Å². The molecular formula is C13H15N3O4S. The minimum absolute atomic E-state index is 0.313. The van der Waals surface area contributed by atoms with Crippen LogP contribution in [0, 0.1) is 0 Å². The van der Waals surface area contributed by atoms with Crippen LogP contribution in [0.25, 0.3) is 11.4 Å². The predicted molar refractivity (Wildman–Crippen MR) is 74.4 cm³/mol. The molecule has 3 rings (SSSR count). The molecule has 2 aromatic heterocycles. The lowest BCUT2D eigenvalue weighted by Crippen LogP contribution is -2.36. The third-order valence-electron chi connectivity index (χ3n) is 3.44. The van der Waals surface area contributed by atoms with Gasteiger partial charge in [-0.05, 0) is 11.4 Å². The summed E-state index contributed by atoms with van der Waals surface area (Å²) in [5.41, 5.74) is 0.904. The molecule has 0 radical (unpaired) electrons. The molecule has 0 bridgehead atoms. The van der Waals surface area contributed by atoms with E-state index in [9.17, 15) is 9.90 Å². The quantitative estimate of drug-likeness (QED) is 0.840. The largest absolute Gasteiger partial charge is 0.468 e. The van der Waals surface area contributed by atoms with Gasteiger partial charge in [0, 0.05) is 23.9 Å². The Kier molecular flexibility index (Phi) is 4.00. The molecule has 1 N–H and O–H groups in total. The maximum Gasteiger partial charge on any atom is 0.323 e. The fourth-order valence-electron chi connectivity index (χ4n) is 2.44. The highest BCUT2D eigenvalue weighted by Crippen LogP contribution is 2.23. The van der Waals surface area contributed by atoms with E-state index in [4.69, 9.17) is 9.26 Å². The number of hydrogen-bond donors (Lipinski definition) is 1. The van der Waals surface area contributed by atoms with Crippen LogP contribution in [0.3, 0.4) is 0 Å². The zero-order valence-electron chi connectivity index (χ0n) is 11.4. The van der Waals surface area contributed by atoms with Crippen LogP contribution in [0.4, 0.5) is 0 Å². The van der Waals surface area contributed by atoms with Gasteiger partial charge < -0.3 is 14.4 Å². The van der Waals surface area contributed by atoms with E-state index >= 15 is 0 Å². The average Bonchev–Trinajstić information content (AvgIpc) is 3.18. The number of aliphatic hydroxyl groups excluding tert-OH is 1. The molecule has 0 spiro atoms. The van der Waals surface area contributed by atoms with E-state index < -0.39 is 12.1 Å². The summed E-state index contributed by atoms with van der Waals surface area (Å²) in [4.78, 5) is 17.8. The Labute approximate surface area is 125 Å². The Hall–Kier alpha value is -1.77. The Morgan fingerprint density at radius 1 is 1.67 bits per heavy atom. The number of carbonyl (C=O) groups is 1. The van der Waals surface area contributed by atoms with Crippen molar-refractivity contribution in [3.05, 3.63) is 22.7 Å². The molecule has 1 fully saturated rings. The number of β-amino-alcohol motifs (C(OH)–C–C–N with tert-alkyl or cyclic N) is 1. The molecule has 2 atom stereocenters. The lowest BCUT2D eigenvalue weighted by molar-refractivity contribution is -0.146. The van der Waals surface area contributed by atoms with Crippen LogP contribution in [0.2, 0.25) is 0 Å². The minimum Gasteiger partial charge on any atom is -0.468 e. The lowest BCUT2D eigenvalue weighted by Gasteiger charge is -2.19. The van der Waals surface area contributed by atoms with Gasteiger partial charge in [0.1, 0.15) is 6.04 Å². The zero-order valence-corrected chi connectivity index (χ0v) is 12.2. The van der Waals surface area contributed by atoms with Crippen molar-refractivity contribution in [2.45, 2.75) is 25.1 Å². The molecule has 1 aliphatic rings. The highest BCUT2D eigenvalue weighted by molar-refractivity contribution is 7.08. The van der Waals surface area contributed by atoms with Gasteiger partial charge in [0.25, 0.3) is 0 Å². The monoisotopic (exact) mass is 309 g/mol. The van der Waals surface area contributed by atoms with Crippen molar-refractivity contribution in [1.82, 2.24) is 15.0 Å². The molecule has 3 heterocycles. The summed E-state index contributed by atoms with van der Waals surface area (Å²) in [6.07, 6.45) is -0.188. The summed E-state index contributed by atoms with van der Waals surface area (Å²) in [6, 6.07) is 1.44. The third-order valence-corrected chi connectivity index (χ3v) is 4.12. The van der Waals surface area contributed by atoms with E-state index in [1.807, 2.05) is 16.8 Å². The smallest absolute Gasteiger partial charge is 0.323 e. The van der Waals surface area contributed by atoms with Gasteiger partial charge in [-0.25, -0.2) is 0 Å². The van der Waals surface area contributed by atoms with Gasteiger partial charge in [0.05, 0.1) is 19.8 Å². The summed E-state index contributed by atoms with van der Waals surface area (Å²) in [7, 11) is 1.34. The summed E-state index contributed by atoms with van der Waals surface area (Å²) in [6.45, 7) is 0.698. The number of hydrogen-bond acceptors (Lipinski definition) is 8. The maximum atomic E-state index is 11.7. The normalized spacial score (nSPS) is 22.6. The molecule has 21 heavy (non-hydrogen) atoms. The first-order valence-electron chi connectivity index (χ1n) is 6.52. The molecule has 7 nitrogen and oxygen atoms in total. The van der Waals surface area contributed by atoms with Crippen LogP contribution < -0.4 is 0 Å². The molecule has 0 amide bonds. The SMILES string of the molecule is COC(=O)[C@@H]1C[C@@H](O)CN1Cc1nc(-c2ccsc2)no1. The molecule has 0 aromatic carbocycles. The number of carbonyl (C=O) groups excluding carboxylic acids is 1. The van der Waals surface area contributed by atoms with E-state index in [0.29, 0.717) is 31.2 Å². The second-order valence-electron chi connectivity index (χ2n) is 4.88. The van der Waals surface area contributed by atoms with Crippen LogP contribution in [0.1, 0.15) is 12.3 Å². The molecule has 1 aliphatic heterocycles. The highest BCUT2D eigenvalue weighted by atomic mass is 32.1. The van der Waals surface area contributed by atoms with Crippen LogP contribution >= 0.6 is 11.3 Å². The number of esters is 1. The van der Waals surface area contributed by atoms with Gasteiger partial charge in [-0.2, -0.15) is 16.3 Å². The molecular weight excluding hydrogens is 294 g/mol. The number of nitrogens with zero attached hydrogens (tertiary/aromatic N) is 3. The van der Waals surface area contributed by atoms with E-state index in [2.05, 4.69) is 10.1 Å². The second-order valence-corrected chi connectivity index (χ2v) is 5.66. The van der Waals surface area contributed by atoms with E-state index in [0.717, 1.165) is 5.56 Å². The van der Waals surface area contributed by atoms with Gasteiger partial charge in [-0.15, -0.1) is 0 Å². The van der Waals surface area contributed by atoms with Crippen molar-refractivity contribution in [3.63, 3.8) is 0 Å². The first-order valence-corrected chi connectivity index (χ1v) is 7.46. The van der Waals surface area contributed by atoms with Crippen molar-refractivity contribution in [2.24, 2.45) is 0 Å². The zero-order chi connectivity index (χ0) is 14.8. The van der Waals surface area contributed by atoms with Gasteiger partial charge >= 0.3 is 5.97 Å². The molecule has 0 unspecified atom stereocenters. The summed E-state index contributed by atoms with van der Waals surface area (Å²) >= 11 is 1.56. The Bertz CT molecular complexity index is 613. The van der Waals surface area contributed by atoms with Crippen molar-refractivity contribution in [3.8, 4) is 11.4 Å². The minimum atomic E-state index is -0.548. The number of ether oxygens (including phenoxy) is 1. The predicted octanol–water partition coefficient (Wildman–Crippen LogP) is 0.906. The Balaban J connectivity index is 1.72. The second kappa shape index (κ2) is 5.92. The molecule has 112 valence electrons. The number of aromatic nitrogens is 2. The number of thiophene rings is 1. The molecule has 0 saturated carbocycles. The fourth-order valence-corrected chi connectivity index (χ4v) is 3.07. The van der Waals surface area contributed by atoms with Gasteiger partial charge in [-0.3, -0.25) is 9.69 Å². The molecule has 2 aromatic rings. The van der Waals surface area contributed by atoms with Crippen molar-refractivity contribution in [2.75, 3.05) is 13.7 Å². The lowest BCUT2D eigenvalue weighted by atomic mass is 10.2. The first kappa shape index (κ1) is 14.2. The van der Waals surface area contributed by atoms with E-state index in [1.54, 1.807) is 16.2 Å². The molecule has 0 aliphatic carbocycles. The topological polar surface area (TPSA) is 88.7 Å². The number of aliphatic hydroxyl groups is 1. The molecule has 1 saturated heterocycles. The number of rotatable bonds is 4. The number of methoxy groups -OCH3 is 1. The van der Waals surface area contributed by atoms with Crippen LogP contribution in [-0.2, 0) is 16.1 Å².